The van der Waals surface area contributed by atoms with Crippen molar-refractivity contribution in [2.75, 3.05) is 0 Å². The molecule has 3 nitrogen and oxygen atoms in total. The first kappa shape index (κ1) is 28.6. The van der Waals surface area contributed by atoms with E-state index in [1.807, 2.05) is 0 Å². The number of carbonyl (C=O) groups excluding carboxylic acids is 1. The SMILES string of the molecule is CCC=CCC=CCC=CCC=CCC=CCCCCCCCCC(=O)c1ccc(CO)[nH]1. The number of hydrogen-bond acceptors (Lipinski definition) is 2. The van der Waals surface area contributed by atoms with Gasteiger partial charge in [0, 0.05) is 12.1 Å². The summed E-state index contributed by atoms with van der Waals surface area (Å²) >= 11 is 0. The Labute approximate surface area is 202 Å². The molecule has 0 saturated carbocycles. The van der Waals surface area contributed by atoms with Gasteiger partial charge in [0.25, 0.3) is 0 Å². The van der Waals surface area contributed by atoms with E-state index in [4.69, 9.17) is 5.11 Å². The van der Waals surface area contributed by atoms with Crippen LogP contribution in [0.3, 0.4) is 0 Å². The Balaban J connectivity index is 1.88. The van der Waals surface area contributed by atoms with E-state index in [9.17, 15) is 4.79 Å². The van der Waals surface area contributed by atoms with Gasteiger partial charge in [-0.15, -0.1) is 0 Å². The molecule has 3 heteroatoms. The average Bonchev–Trinajstić information content (AvgIpc) is 3.32. The Kier molecular flexibility index (Phi) is 18.6. The lowest BCUT2D eigenvalue weighted by molar-refractivity contribution is 0.0974. The maximum Gasteiger partial charge on any atom is 0.179 e. The van der Waals surface area contributed by atoms with Crippen molar-refractivity contribution in [3.8, 4) is 0 Å². The van der Waals surface area contributed by atoms with Crippen LogP contribution in [0.2, 0.25) is 0 Å². The molecule has 182 valence electrons. The maximum atomic E-state index is 12.1. The van der Waals surface area contributed by atoms with Crippen molar-refractivity contribution in [1.82, 2.24) is 4.98 Å². The summed E-state index contributed by atoms with van der Waals surface area (Å²) in [4.78, 5) is 15.0. The zero-order chi connectivity index (χ0) is 23.8. The van der Waals surface area contributed by atoms with Crippen molar-refractivity contribution < 1.29 is 9.90 Å². The smallest absolute Gasteiger partial charge is 0.179 e. The summed E-state index contributed by atoms with van der Waals surface area (Å²) in [5.74, 6) is 0.146. The van der Waals surface area contributed by atoms with Gasteiger partial charge in [-0.2, -0.15) is 0 Å². The van der Waals surface area contributed by atoms with E-state index < -0.39 is 0 Å². The normalized spacial score (nSPS) is 12.5. The number of hydrogen-bond donors (Lipinski definition) is 2. The van der Waals surface area contributed by atoms with Crippen molar-refractivity contribution >= 4 is 5.78 Å². The van der Waals surface area contributed by atoms with E-state index in [-0.39, 0.29) is 12.4 Å². The topological polar surface area (TPSA) is 53.1 Å². The molecule has 0 atom stereocenters. The molecule has 0 aromatic carbocycles. The standard InChI is InChI=1S/C30H45NO2/c1-2-3-4-5-6-7-8-9-10-11-12-13-14-15-16-17-18-19-20-21-22-23-24-30(33)29-26-25-28(27-32)31-29/h3-4,6-7,9-10,12-13,15-16,25-26,31-32H,2,5,8,11,14,17-24,27H2,1H3. The van der Waals surface area contributed by atoms with Crippen LogP contribution in [0.4, 0.5) is 0 Å². The molecule has 1 aromatic heterocycles. The molecule has 0 fully saturated rings. The molecule has 33 heavy (non-hydrogen) atoms. The van der Waals surface area contributed by atoms with Gasteiger partial charge in [0.2, 0.25) is 0 Å². The number of rotatable bonds is 20. The molecule has 0 aliphatic carbocycles. The Bertz CT molecular complexity index is 749. The summed E-state index contributed by atoms with van der Waals surface area (Å²) < 4.78 is 0. The first-order valence-electron chi connectivity index (χ1n) is 12.8. The zero-order valence-corrected chi connectivity index (χ0v) is 20.7. The largest absolute Gasteiger partial charge is 0.390 e. The second-order valence-corrected chi connectivity index (χ2v) is 8.35. The van der Waals surface area contributed by atoms with E-state index in [1.165, 1.54) is 25.7 Å². The number of ketones is 1. The highest BCUT2D eigenvalue weighted by Gasteiger charge is 2.07. The number of aromatic nitrogens is 1. The second-order valence-electron chi connectivity index (χ2n) is 8.35. The third-order valence-electron chi connectivity index (χ3n) is 5.40. The highest BCUT2D eigenvalue weighted by atomic mass is 16.3. The summed E-state index contributed by atoms with van der Waals surface area (Å²) in [6.07, 6.45) is 36.3. The molecule has 0 radical (unpaired) electrons. The van der Waals surface area contributed by atoms with Crippen molar-refractivity contribution in [2.45, 2.75) is 97.0 Å². The fraction of sp³-hybridized carbons (Fsp3) is 0.500. The summed E-state index contributed by atoms with van der Waals surface area (Å²) in [6.45, 7) is 2.11. The molecular weight excluding hydrogens is 406 g/mol. The summed E-state index contributed by atoms with van der Waals surface area (Å²) in [7, 11) is 0. The molecule has 1 heterocycles. The molecule has 0 amide bonds. The van der Waals surface area contributed by atoms with E-state index >= 15 is 0 Å². The van der Waals surface area contributed by atoms with Gasteiger partial charge in [-0.3, -0.25) is 4.79 Å². The molecule has 2 N–H and O–H groups in total. The molecule has 1 aromatic rings. The van der Waals surface area contributed by atoms with Gasteiger partial charge < -0.3 is 10.1 Å². The fourth-order valence-electron chi connectivity index (χ4n) is 3.45. The first-order valence-corrected chi connectivity index (χ1v) is 12.8. The van der Waals surface area contributed by atoms with Crippen LogP contribution in [-0.2, 0) is 6.61 Å². The van der Waals surface area contributed by atoms with Crippen LogP contribution in [0.15, 0.2) is 72.9 Å². The van der Waals surface area contributed by atoms with Gasteiger partial charge in [-0.1, -0.05) is 93.4 Å². The van der Waals surface area contributed by atoms with Crippen LogP contribution in [0.1, 0.15) is 107 Å². The molecule has 0 aliphatic rings. The van der Waals surface area contributed by atoms with E-state index in [1.54, 1.807) is 12.1 Å². The lowest BCUT2D eigenvalue weighted by Gasteiger charge is -2.01. The summed E-state index contributed by atoms with van der Waals surface area (Å²) in [5, 5.41) is 9.04. The van der Waals surface area contributed by atoms with Crippen LogP contribution in [-0.4, -0.2) is 15.9 Å². The Morgan fingerprint density at radius 1 is 0.727 bits per heavy atom. The molecule has 1 rings (SSSR count). The van der Waals surface area contributed by atoms with Gasteiger partial charge in [0.15, 0.2) is 5.78 Å². The number of carbonyl (C=O) groups is 1. The number of aliphatic hydroxyl groups is 1. The summed E-state index contributed by atoms with van der Waals surface area (Å²) in [5.41, 5.74) is 1.32. The number of Topliss-reactive ketones (excluding diaryl/α,β-unsaturated/α-hetero) is 1. The number of aliphatic hydroxyl groups excluding tert-OH is 1. The number of unbranched alkanes of at least 4 members (excludes halogenated alkanes) is 6. The van der Waals surface area contributed by atoms with Gasteiger partial charge in [0.1, 0.15) is 0 Å². The molecular formula is C30H45NO2. The Hall–Kier alpha value is -2.39. The van der Waals surface area contributed by atoms with Crippen LogP contribution in [0.5, 0.6) is 0 Å². The number of allylic oxidation sites excluding steroid dienone is 10. The lowest BCUT2D eigenvalue weighted by atomic mass is 10.1. The minimum atomic E-state index is -0.0487. The predicted octanol–water partition coefficient (Wildman–Crippen LogP) is 8.56. The molecule has 0 aliphatic heterocycles. The second kappa shape index (κ2) is 21.5. The molecule has 0 saturated heterocycles. The molecule has 0 unspecified atom stereocenters. The third kappa shape index (κ3) is 16.8. The van der Waals surface area contributed by atoms with Gasteiger partial charge in [-0.25, -0.2) is 0 Å². The van der Waals surface area contributed by atoms with Crippen LogP contribution in [0, 0.1) is 0 Å². The van der Waals surface area contributed by atoms with Crippen LogP contribution >= 0.6 is 0 Å². The van der Waals surface area contributed by atoms with Crippen LogP contribution in [0.25, 0.3) is 0 Å². The fourth-order valence-corrected chi connectivity index (χ4v) is 3.45. The summed E-state index contributed by atoms with van der Waals surface area (Å²) in [6, 6.07) is 3.53. The van der Waals surface area contributed by atoms with Crippen molar-refractivity contribution in [3.63, 3.8) is 0 Å². The van der Waals surface area contributed by atoms with E-state index in [2.05, 4.69) is 72.7 Å². The Morgan fingerprint density at radius 3 is 1.79 bits per heavy atom. The minimum absolute atomic E-state index is 0.0487. The number of nitrogens with one attached hydrogen (secondary N) is 1. The predicted molar refractivity (Wildman–Crippen MR) is 142 cm³/mol. The monoisotopic (exact) mass is 451 g/mol. The zero-order valence-electron chi connectivity index (χ0n) is 20.7. The van der Waals surface area contributed by atoms with Gasteiger partial charge in [-0.05, 0) is 63.5 Å². The number of H-pyrrole nitrogens is 1. The quantitative estimate of drug-likeness (QED) is 0.118. The first-order chi connectivity index (χ1) is 16.3. The molecule has 0 spiro atoms. The highest BCUT2D eigenvalue weighted by molar-refractivity contribution is 5.94. The maximum absolute atomic E-state index is 12.1. The third-order valence-corrected chi connectivity index (χ3v) is 5.40. The Morgan fingerprint density at radius 2 is 1.24 bits per heavy atom. The highest BCUT2D eigenvalue weighted by Crippen LogP contribution is 2.12. The van der Waals surface area contributed by atoms with E-state index in [0.717, 1.165) is 51.4 Å². The average molecular weight is 452 g/mol. The molecule has 0 bridgehead atoms. The lowest BCUT2D eigenvalue weighted by Crippen LogP contribution is -1.99. The number of aromatic amines is 1. The van der Waals surface area contributed by atoms with Gasteiger partial charge in [0.05, 0.1) is 12.3 Å². The van der Waals surface area contributed by atoms with Crippen molar-refractivity contribution in [2.24, 2.45) is 0 Å². The van der Waals surface area contributed by atoms with E-state index in [0.29, 0.717) is 17.8 Å². The van der Waals surface area contributed by atoms with Gasteiger partial charge >= 0.3 is 0 Å². The minimum Gasteiger partial charge on any atom is -0.390 e. The van der Waals surface area contributed by atoms with Crippen molar-refractivity contribution in [1.29, 1.82) is 0 Å². The van der Waals surface area contributed by atoms with Crippen molar-refractivity contribution in [3.05, 3.63) is 84.3 Å². The van der Waals surface area contributed by atoms with Crippen LogP contribution < -0.4 is 0 Å².